The van der Waals surface area contributed by atoms with Gasteiger partial charge in [0, 0.05) is 46.3 Å². The lowest BCUT2D eigenvalue weighted by Gasteiger charge is -2.40. The summed E-state index contributed by atoms with van der Waals surface area (Å²) in [6.45, 7) is 3.62. The molecule has 0 spiro atoms. The Morgan fingerprint density at radius 3 is 2.41 bits per heavy atom. The number of para-hydroxylation sites is 2. The van der Waals surface area contributed by atoms with Gasteiger partial charge in [-0.25, -0.2) is 4.79 Å². The third-order valence-corrected chi connectivity index (χ3v) is 6.14. The molecule has 0 bridgehead atoms. The monoisotopic (exact) mass is 441 g/mol. The zero-order chi connectivity index (χ0) is 23.0. The number of piperazine rings is 1. The maximum atomic E-state index is 13.4. The molecule has 1 saturated heterocycles. The molecule has 10 nitrogen and oxygen atoms in total. The summed E-state index contributed by atoms with van der Waals surface area (Å²) in [5, 5.41) is 0. The number of carbonyl (C=O) groups is 2. The minimum Gasteiger partial charge on any atom is -0.482 e. The molecule has 1 aromatic heterocycles. The summed E-state index contributed by atoms with van der Waals surface area (Å²) in [6, 6.07) is 8.05. The standard InChI is InChI=1S/C22H27N5O5/c1-4-15(27-16-7-5-6-8-17(16)32-14-20(27)29)21(30)26-11-9-25(10-12-26)18-13-19(28)24(3)22(31)23(18)2/h5-8,13,15H,4,9-12,14H2,1-3H3/t15-/m0/s1. The van der Waals surface area contributed by atoms with Crippen LogP contribution in [0.2, 0.25) is 0 Å². The molecule has 10 heteroatoms. The minimum absolute atomic E-state index is 0.0917. The number of anilines is 2. The molecule has 2 amide bonds. The molecule has 0 radical (unpaired) electrons. The minimum atomic E-state index is -0.618. The fraction of sp³-hybridized carbons (Fsp3) is 0.455. The number of hydrogen-bond acceptors (Lipinski definition) is 6. The first kappa shape index (κ1) is 21.7. The Hall–Kier alpha value is -3.56. The molecule has 170 valence electrons. The van der Waals surface area contributed by atoms with Crippen LogP contribution in [0.1, 0.15) is 13.3 Å². The number of ether oxygens (including phenoxy) is 1. The van der Waals surface area contributed by atoms with Crippen LogP contribution in [0.4, 0.5) is 11.5 Å². The first-order valence-corrected chi connectivity index (χ1v) is 10.7. The van der Waals surface area contributed by atoms with Gasteiger partial charge < -0.3 is 14.5 Å². The highest BCUT2D eigenvalue weighted by molar-refractivity contribution is 6.03. The lowest BCUT2D eigenvalue weighted by atomic mass is 10.1. The number of hydrogen-bond donors (Lipinski definition) is 0. The number of aromatic nitrogens is 2. The van der Waals surface area contributed by atoms with Crippen LogP contribution < -0.4 is 25.8 Å². The average molecular weight is 441 g/mol. The lowest BCUT2D eigenvalue weighted by Crippen LogP contribution is -2.58. The number of rotatable bonds is 4. The van der Waals surface area contributed by atoms with E-state index in [-0.39, 0.29) is 29.7 Å². The van der Waals surface area contributed by atoms with Crippen molar-refractivity contribution in [3.05, 3.63) is 51.2 Å². The van der Waals surface area contributed by atoms with E-state index in [2.05, 4.69) is 0 Å². The van der Waals surface area contributed by atoms with Crippen molar-refractivity contribution in [2.45, 2.75) is 19.4 Å². The van der Waals surface area contributed by atoms with Gasteiger partial charge in [0.2, 0.25) is 5.91 Å². The van der Waals surface area contributed by atoms with Crippen LogP contribution in [-0.2, 0) is 23.7 Å². The SMILES string of the molecule is CC[C@@H](C(=O)N1CCN(c2cc(=O)n(C)c(=O)n2C)CC1)N1C(=O)COc2ccccc21. The first-order valence-electron chi connectivity index (χ1n) is 10.7. The van der Waals surface area contributed by atoms with Crippen molar-refractivity contribution in [1.29, 1.82) is 0 Å². The Bertz CT molecular complexity index is 1160. The molecule has 4 rings (SSSR count). The van der Waals surface area contributed by atoms with E-state index in [0.717, 1.165) is 4.57 Å². The van der Waals surface area contributed by atoms with Crippen molar-refractivity contribution in [3.63, 3.8) is 0 Å². The Morgan fingerprint density at radius 2 is 1.72 bits per heavy atom. The highest BCUT2D eigenvalue weighted by Crippen LogP contribution is 2.34. The predicted octanol–water partition coefficient (Wildman–Crippen LogP) is -0.0632. The van der Waals surface area contributed by atoms with Gasteiger partial charge >= 0.3 is 5.69 Å². The molecular weight excluding hydrogens is 414 g/mol. The molecule has 0 unspecified atom stereocenters. The highest BCUT2D eigenvalue weighted by atomic mass is 16.5. The Kier molecular flexibility index (Phi) is 5.77. The molecule has 1 atom stereocenters. The van der Waals surface area contributed by atoms with Crippen molar-refractivity contribution in [3.8, 4) is 5.75 Å². The van der Waals surface area contributed by atoms with Gasteiger partial charge in [0.25, 0.3) is 11.5 Å². The van der Waals surface area contributed by atoms with Crippen molar-refractivity contribution < 1.29 is 14.3 Å². The lowest BCUT2D eigenvalue weighted by molar-refractivity contribution is -0.135. The fourth-order valence-electron chi connectivity index (χ4n) is 4.32. The highest BCUT2D eigenvalue weighted by Gasteiger charge is 2.37. The van der Waals surface area contributed by atoms with Crippen LogP contribution >= 0.6 is 0 Å². The second-order valence-corrected chi connectivity index (χ2v) is 8.00. The Balaban J connectivity index is 1.52. The Labute approximate surface area is 185 Å². The summed E-state index contributed by atoms with van der Waals surface area (Å²) in [6.07, 6.45) is 0.475. The van der Waals surface area contributed by atoms with E-state index in [0.29, 0.717) is 49.9 Å². The van der Waals surface area contributed by atoms with Gasteiger partial charge in [-0.05, 0) is 18.6 Å². The van der Waals surface area contributed by atoms with Gasteiger partial charge in [-0.3, -0.25) is 28.4 Å². The molecule has 0 saturated carbocycles. The molecule has 2 aliphatic rings. The van der Waals surface area contributed by atoms with Crippen LogP contribution in [0.25, 0.3) is 0 Å². The molecule has 1 aromatic carbocycles. The van der Waals surface area contributed by atoms with Gasteiger partial charge in [-0.15, -0.1) is 0 Å². The normalized spacial score (nSPS) is 17.1. The topological polar surface area (TPSA) is 97.1 Å². The molecular formula is C22H27N5O5. The van der Waals surface area contributed by atoms with Crippen molar-refractivity contribution >= 4 is 23.3 Å². The maximum Gasteiger partial charge on any atom is 0.332 e. The van der Waals surface area contributed by atoms with Crippen molar-refractivity contribution in [1.82, 2.24) is 14.0 Å². The van der Waals surface area contributed by atoms with Crippen LogP contribution in [0, 0.1) is 0 Å². The van der Waals surface area contributed by atoms with Gasteiger partial charge in [0.05, 0.1) is 5.69 Å². The Morgan fingerprint density at radius 1 is 1.03 bits per heavy atom. The van der Waals surface area contributed by atoms with Crippen LogP contribution in [0.15, 0.2) is 39.9 Å². The van der Waals surface area contributed by atoms with Crippen LogP contribution in [0.5, 0.6) is 5.75 Å². The molecule has 0 N–H and O–H groups in total. The van der Waals surface area contributed by atoms with E-state index in [4.69, 9.17) is 4.74 Å². The quantitative estimate of drug-likeness (QED) is 0.659. The zero-order valence-corrected chi connectivity index (χ0v) is 18.5. The number of benzene rings is 1. The fourth-order valence-corrected chi connectivity index (χ4v) is 4.32. The second kappa shape index (κ2) is 8.52. The zero-order valence-electron chi connectivity index (χ0n) is 18.5. The van der Waals surface area contributed by atoms with E-state index in [1.54, 1.807) is 29.0 Å². The number of carbonyl (C=O) groups excluding carboxylic acids is 2. The summed E-state index contributed by atoms with van der Waals surface area (Å²) in [5.41, 5.74) is -0.142. The van der Waals surface area contributed by atoms with Crippen LogP contribution in [-0.4, -0.2) is 64.7 Å². The van der Waals surface area contributed by atoms with E-state index in [1.165, 1.54) is 17.7 Å². The number of amides is 2. The first-order chi connectivity index (χ1) is 15.3. The number of fused-ring (bicyclic) bond motifs is 1. The van der Waals surface area contributed by atoms with Crippen molar-refractivity contribution in [2.75, 3.05) is 42.6 Å². The van der Waals surface area contributed by atoms with Crippen molar-refractivity contribution in [2.24, 2.45) is 14.1 Å². The van der Waals surface area contributed by atoms with Gasteiger partial charge in [-0.1, -0.05) is 19.1 Å². The average Bonchev–Trinajstić information content (AvgIpc) is 2.82. The van der Waals surface area contributed by atoms with Gasteiger partial charge in [0.1, 0.15) is 17.6 Å². The summed E-state index contributed by atoms with van der Waals surface area (Å²) in [7, 11) is 3.07. The van der Waals surface area contributed by atoms with E-state index in [9.17, 15) is 19.2 Å². The van der Waals surface area contributed by atoms with Gasteiger partial charge in [0.15, 0.2) is 6.61 Å². The summed E-state index contributed by atoms with van der Waals surface area (Å²) < 4.78 is 8.01. The molecule has 32 heavy (non-hydrogen) atoms. The molecule has 1 fully saturated rings. The number of nitrogens with zero attached hydrogens (tertiary/aromatic N) is 5. The van der Waals surface area contributed by atoms with E-state index < -0.39 is 6.04 Å². The second-order valence-electron chi connectivity index (χ2n) is 8.00. The third kappa shape index (κ3) is 3.65. The summed E-state index contributed by atoms with van der Waals surface area (Å²) >= 11 is 0. The largest absolute Gasteiger partial charge is 0.482 e. The summed E-state index contributed by atoms with van der Waals surface area (Å²) in [4.78, 5) is 55.6. The maximum absolute atomic E-state index is 13.4. The summed E-state index contributed by atoms with van der Waals surface area (Å²) in [5.74, 6) is 0.775. The predicted molar refractivity (Wildman–Crippen MR) is 119 cm³/mol. The van der Waals surface area contributed by atoms with Crippen LogP contribution in [0.3, 0.4) is 0 Å². The van der Waals surface area contributed by atoms with E-state index in [1.807, 2.05) is 24.0 Å². The molecule has 0 aliphatic carbocycles. The molecule has 2 aliphatic heterocycles. The smallest absolute Gasteiger partial charge is 0.332 e. The van der Waals surface area contributed by atoms with Gasteiger partial charge in [-0.2, -0.15) is 0 Å². The van der Waals surface area contributed by atoms with E-state index >= 15 is 0 Å². The molecule has 2 aromatic rings. The molecule has 3 heterocycles. The third-order valence-electron chi connectivity index (χ3n) is 6.14.